The third kappa shape index (κ3) is 5.65. The van der Waals surface area contributed by atoms with Gasteiger partial charge in [-0.1, -0.05) is 6.08 Å². The van der Waals surface area contributed by atoms with Gasteiger partial charge in [0.25, 0.3) is 0 Å². The number of nitrogens with one attached hydrogen (secondary N) is 1. The minimum Gasteiger partial charge on any atom is -0.487 e. The van der Waals surface area contributed by atoms with Crippen LogP contribution in [0.25, 0.3) is 16.7 Å². The summed E-state index contributed by atoms with van der Waals surface area (Å²) < 4.78 is 29.5. The third-order valence-corrected chi connectivity index (χ3v) is 8.50. The number of hydrogen-bond acceptors (Lipinski definition) is 10. The molecule has 13 heteroatoms. The van der Waals surface area contributed by atoms with Crippen molar-refractivity contribution in [2.75, 3.05) is 50.6 Å². The summed E-state index contributed by atoms with van der Waals surface area (Å²) in [6.45, 7) is 5.93. The van der Waals surface area contributed by atoms with Crippen molar-refractivity contribution < 1.29 is 18.7 Å². The summed E-state index contributed by atoms with van der Waals surface area (Å²) >= 11 is 0. The number of halogens is 1. The number of likely N-dealkylation sites (N-methyl/N-ethyl adjacent to an activating group) is 1. The molecular formula is C33H34FN9O3. The first-order chi connectivity index (χ1) is 22.2. The standard InChI is InChI=1S/C33H34FN9O3/c1-20-13-25(24(34)15-27(20)46-23-7-9-41-10-8-35-29(41)14-23)38-32-31-26(36-19-37-32)16-28-33(39-31)42-11-12-43(22(17-42)18-45-28)30(44)6-5-21(2)40(3)4/h5-10,13-16,19,21-22H,11-12,17-18H2,1-4H3,(H,36,37,38)/b6-5+/t21-,22-/m0/s1. The largest absolute Gasteiger partial charge is 0.487 e. The number of hydrogen-bond donors (Lipinski definition) is 1. The quantitative estimate of drug-likeness (QED) is 0.259. The van der Waals surface area contributed by atoms with E-state index in [0.29, 0.717) is 66.2 Å². The monoisotopic (exact) mass is 623 g/mol. The van der Waals surface area contributed by atoms with Gasteiger partial charge in [-0.25, -0.2) is 24.3 Å². The van der Waals surface area contributed by atoms with Gasteiger partial charge in [0.15, 0.2) is 17.4 Å². The predicted octanol–water partition coefficient (Wildman–Crippen LogP) is 4.57. The van der Waals surface area contributed by atoms with Gasteiger partial charge >= 0.3 is 0 Å². The molecule has 5 aromatic rings. The van der Waals surface area contributed by atoms with Crippen molar-refractivity contribution >= 4 is 39.9 Å². The summed E-state index contributed by atoms with van der Waals surface area (Å²) in [5, 5.41) is 3.12. The van der Waals surface area contributed by atoms with Crippen molar-refractivity contribution in [3.8, 4) is 17.2 Å². The Morgan fingerprint density at radius 2 is 2.04 bits per heavy atom. The van der Waals surface area contributed by atoms with Crippen LogP contribution in [0.5, 0.6) is 17.2 Å². The average Bonchev–Trinajstić information content (AvgIpc) is 3.47. The van der Waals surface area contributed by atoms with Gasteiger partial charge in [0.05, 0.1) is 17.2 Å². The zero-order valence-corrected chi connectivity index (χ0v) is 26.0. The highest BCUT2D eigenvalue weighted by molar-refractivity contribution is 5.91. The highest BCUT2D eigenvalue weighted by atomic mass is 19.1. The first-order valence-electron chi connectivity index (χ1n) is 15.1. The number of carbonyl (C=O) groups excluding carboxylic acids is 1. The van der Waals surface area contributed by atoms with Crippen LogP contribution in [0, 0.1) is 12.7 Å². The lowest BCUT2D eigenvalue weighted by Crippen LogP contribution is -2.56. The van der Waals surface area contributed by atoms with Gasteiger partial charge < -0.3 is 33.9 Å². The number of piperazine rings is 1. The molecule has 2 atom stereocenters. The number of fused-ring (bicyclic) bond motifs is 6. The Labute approximate surface area is 265 Å². The number of nitrogens with zero attached hydrogens (tertiary/aromatic N) is 8. The Kier molecular flexibility index (Phi) is 7.61. The van der Waals surface area contributed by atoms with Crippen molar-refractivity contribution in [1.29, 1.82) is 0 Å². The van der Waals surface area contributed by atoms with E-state index in [-0.39, 0.29) is 23.7 Å². The molecule has 0 aliphatic carbocycles. The van der Waals surface area contributed by atoms with Crippen molar-refractivity contribution in [2.45, 2.75) is 25.9 Å². The van der Waals surface area contributed by atoms with Crippen molar-refractivity contribution in [2.24, 2.45) is 0 Å². The van der Waals surface area contributed by atoms with E-state index in [1.54, 1.807) is 30.5 Å². The van der Waals surface area contributed by atoms with Crippen LogP contribution in [0.3, 0.4) is 0 Å². The molecule has 236 valence electrons. The number of carbonyl (C=O) groups is 1. The van der Waals surface area contributed by atoms with E-state index in [4.69, 9.17) is 14.5 Å². The van der Waals surface area contributed by atoms with E-state index in [2.05, 4.69) is 25.2 Å². The molecule has 2 aliphatic rings. The number of imidazole rings is 1. The highest BCUT2D eigenvalue weighted by Crippen LogP contribution is 2.37. The van der Waals surface area contributed by atoms with Crippen LogP contribution < -0.4 is 19.7 Å². The van der Waals surface area contributed by atoms with Gasteiger partial charge in [0.1, 0.15) is 41.4 Å². The zero-order valence-electron chi connectivity index (χ0n) is 26.0. The minimum absolute atomic E-state index is 0.0313. The molecule has 7 rings (SSSR count). The lowest BCUT2D eigenvalue weighted by Gasteiger charge is -2.39. The van der Waals surface area contributed by atoms with Gasteiger partial charge in [-0.3, -0.25) is 4.79 Å². The molecule has 2 aliphatic heterocycles. The van der Waals surface area contributed by atoms with E-state index >= 15 is 4.39 Å². The molecule has 46 heavy (non-hydrogen) atoms. The molecular weight excluding hydrogens is 589 g/mol. The average molecular weight is 624 g/mol. The molecule has 0 radical (unpaired) electrons. The second kappa shape index (κ2) is 11.9. The zero-order chi connectivity index (χ0) is 31.9. The normalized spacial score (nSPS) is 16.9. The number of aromatic nitrogens is 5. The molecule has 1 fully saturated rings. The topological polar surface area (TPSA) is 113 Å². The number of pyridine rings is 2. The van der Waals surface area contributed by atoms with E-state index in [1.165, 1.54) is 12.4 Å². The van der Waals surface area contributed by atoms with Crippen LogP contribution in [-0.4, -0.2) is 92.5 Å². The summed E-state index contributed by atoms with van der Waals surface area (Å²) in [7, 11) is 3.95. The van der Waals surface area contributed by atoms with Crippen LogP contribution in [0.1, 0.15) is 12.5 Å². The number of benzene rings is 1. The van der Waals surface area contributed by atoms with Crippen LogP contribution in [0.4, 0.5) is 21.7 Å². The van der Waals surface area contributed by atoms with Crippen molar-refractivity contribution in [3.63, 3.8) is 0 Å². The molecule has 6 heterocycles. The third-order valence-electron chi connectivity index (χ3n) is 8.50. The number of ether oxygens (including phenoxy) is 2. The summed E-state index contributed by atoms with van der Waals surface area (Å²) in [5.74, 6) is 2.00. The van der Waals surface area contributed by atoms with E-state index < -0.39 is 5.82 Å². The molecule has 2 bridgehead atoms. The second-order valence-corrected chi connectivity index (χ2v) is 11.8. The first-order valence-corrected chi connectivity index (χ1v) is 15.1. The van der Waals surface area contributed by atoms with Crippen molar-refractivity contribution in [3.05, 3.63) is 78.8 Å². The second-order valence-electron chi connectivity index (χ2n) is 11.8. The van der Waals surface area contributed by atoms with E-state index in [9.17, 15) is 4.79 Å². The fourth-order valence-corrected chi connectivity index (χ4v) is 5.62. The van der Waals surface area contributed by atoms with Crippen LogP contribution >= 0.6 is 0 Å². The number of rotatable bonds is 7. The SMILES string of the molecule is Cc1cc(Nc2ncnc3cc4c(nc23)N2CCN(C(=O)/C=C/[C@H](C)N(C)C)[C@H](CO4)C2)c(F)cc1Oc1ccn2ccnc2c1. The lowest BCUT2D eigenvalue weighted by molar-refractivity contribution is -0.129. The highest BCUT2D eigenvalue weighted by Gasteiger charge is 2.35. The molecule has 4 aromatic heterocycles. The summed E-state index contributed by atoms with van der Waals surface area (Å²) in [6.07, 6.45) is 10.3. The molecule has 0 unspecified atom stereocenters. The maximum Gasteiger partial charge on any atom is 0.246 e. The Balaban J connectivity index is 1.12. The van der Waals surface area contributed by atoms with Gasteiger partial charge in [-0.15, -0.1) is 0 Å². The predicted molar refractivity (Wildman–Crippen MR) is 173 cm³/mol. The smallest absolute Gasteiger partial charge is 0.246 e. The fraction of sp³-hybridized carbons (Fsp3) is 0.303. The lowest BCUT2D eigenvalue weighted by atomic mass is 10.1. The van der Waals surface area contributed by atoms with E-state index in [1.807, 2.05) is 66.7 Å². The van der Waals surface area contributed by atoms with Crippen molar-refractivity contribution in [1.82, 2.24) is 34.1 Å². The van der Waals surface area contributed by atoms with E-state index in [0.717, 1.165) is 11.2 Å². The Morgan fingerprint density at radius 1 is 1.17 bits per heavy atom. The maximum atomic E-state index is 15.5. The number of aryl methyl sites for hydroxylation is 1. The summed E-state index contributed by atoms with van der Waals surface area (Å²) in [5.41, 5.74) is 2.71. The van der Waals surface area contributed by atoms with Gasteiger partial charge in [0.2, 0.25) is 5.91 Å². The molecule has 1 aromatic carbocycles. The Hall–Kier alpha value is -5.30. The Bertz CT molecular complexity index is 1980. The van der Waals surface area contributed by atoms with Gasteiger partial charge in [0, 0.05) is 68.5 Å². The molecule has 12 nitrogen and oxygen atoms in total. The molecule has 1 saturated heterocycles. The van der Waals surface area contributed by atoms with Gasteiger partial charge in [-0.2, -0.15) is 0 Å². The molecule has 0 saturated carbocycles. The molecule has 1 N–H and O–H groups in total. The number of amides is 1. The van der Waals surface area contributed by atoms with Crippen LogP contribution in [0.2, 0.25) is 0 Å². The first kappa shape index (κ1) is 29.4. The maximum absolute atomic E-state index is 15.5. The number of anilines is 3. The molecule has 1 amide bonds. The Morgan fingerprint density at radius 3 is 2.89 bits per heavy atom. The summed E-state index contributed by atoms with van der Waals surface area (Å²) in [6, 6.07) is 8.45. The summed E-state index contributed by atoms with van der Waals surface area (Å²) in [4.78, 5) is 37.1. The fourth-order valence-electron chi connectivity index (χ4n) is 5.62. The van der Waals surface area contributed by atoms with Crippen LogP contribution in [-0.2, 0) is 4.79 Å². The van der Waals surface area contributed by atoms with Gasteiger partial charge in [-0.05, 0) is 45.6 Å². The minimum atomic E-state index is -0.509. The van der Waals surface area contributed by atoms with Crippen LogP contribution in [0.15, 0.2) is 67.4 Å². The molecule has 0 spiro atoms.